The Bertz CT molecular complexity index is 1590. The summed E-state index contributed by atoms with van der Waals surface area (Å²) in [4.78, 5) is 38.5. The fourth-order valence-corrected chi connectivity index (χ4v) is 4.77. The van der Waals surface area contributed by atoms with Gasteiger partial charge in [-0.2, -0.15) is 10.4 Å². The summed E-state index contributed by atoms with van der Waals surface area (Å²) in [5, 5.41) is 14.6. The van der Waals surface area contributed by atoms with Crippen LogP contribution in [0.5, 0.6) is 5.75 Å². The third-order valence-corrected chi connectivity index (χ3v) is 6.68. The quantitative estimate of drug-likeness (QED) is 0.273. The molecular formula is C30H26N4O5. The Morgan fingerprint density at radius 3 is 2.69 bits per heavy atom. The number of esters is 1. The third-order valence-electron chi connectivity index (χ3n) is 6.68. The molecule has 196 valence electrons. The van der Waals surface area contributed by atoms with Crippen LogP contribution in [0.4, 0.5) is 0 Å². The van der Waals surface area contributed by atoms with Crippen LogP contribution in [0.15, 0.2) is 71.4 Å². The molecule has 5 rings (SSSR count). The predicted octanol–water partition coefficient (Wildman–Crippen LogP) is 4.02. The second-order valence-corrected chi connectivity index (χ2v) is 9.44. The molecular weight excluding hydrogens is 496 g/mol. The second-order valence-electron chi connectivity index (χ2n) is 9.44. The fourth-order valence-electron chi connectivity index (χ4n) is 4.77. The predicted molar refractivity (Wildman–Crippen MR) is 142 cm³/mol. The number of amides is 2. The Hall–Kier alpha value is -4.97. The summed E-state index contributed by atoms with van der Waals surface area (Å²) in [5.41, 5.74) is 4.37. The minimum absolute atomic E-state index is 0.0891. The molecule has 2 aromatic carbocycles. The lowest BCUT2D eigenvalue weighted by Crippen LogP contribution is -2.44. The van der Waals surface area contributed by atoms with Crippen LogP contribution in [0.2, 0.25) is 0 Å². The highest BCUT2D eigenvalue weighted by Gasteiger charge is 2.35. The van der Waals surface area contributed by atoms with Crippen LogP contribution in [0, 0.1) is 11.3 Å². The van der Waals surface area contributed by atoms with E-state index in [1.165, 1.54) is 6.92 Å². The van der Waals surface area contributed by atoms with E-state index in [1.807, 2.05) is 67.7 Å². The van der Waals surface area contributed by atoms with Crippen molar-refractivity contribution in [3.8, 4) is 28.8 Å². The van der Waals surface area contributed by atoms with E-state index in [2.05, 4.69) is 0 Å². The number of carbonyl (C=O) groups excluding carboxylic acids is 3. The van der Waals surface area contributed by atoms with Crippen molar-refractivity contribution >= 4 is 23.9 Å². The molecule has 0 saturated heterocycles. The molecule has 0 saturated carbocycles. The van der Waals surface area contributed by atoms with E-state index in [0.717, 1.165) is 33.9 Å². The summed E-state index contributed by atoms with van der Waals surface area (Å²) in [6.45, 7) is 4.52. The second kappa shape index (κ2) is 10.4. The van der Waals surface area contributed by atoms with Crippen LogP contribution < -0.4 is 4.74 Å². The topological polar surface area (TPSA) is 115 Å². The fraction of sp³-hybridized carbons (Fsp3) is 0.233. The maximum absolute atomic E-state index is 13.5. The Labute approximate surface area is 225 Å². The highest BCUT2D eigenvalue weighted by molar-refractivity contribution is 6.19. The van der Waals surface area contributed by atoms with Gasteiger partial charge in [0.15, 0.2) is 0 Å². The molecule has 9 nitrogen and oxygen atoms in total. The summed E-state index contributed by atoms with van der Waals surface area (Å²) in [5.74, 6) is -0.965. The molecule has 0 radical (unpaired) electrons. The smallest absolute Gasteiger partial charge is 0.302 e. The average molecular weight is 523 g/mol. The van der Waals surface area contributed by atoms with Crippen LogP contribution in [-0.4, -0.2) is 51.7 Å². The van der Waals surface area contributed by atoms with Gasteiger partial charge >= 0.3 is 5.97 Å². The summed E-state index contributed by atoms with van der Waals surface area (Å²) in [6.07, 6.45) is 4.35. The van der Waals surface area contributed by atoms with Crippen molar-refractivity contribution in [3.63, 3.8) is 0 Å². The summed E-state index contributed by atoms with van der Waals surface area (Å²) in [6, 6.07) is 17.4. The van der Waals surface area contributed by atoms with Crippen LogP contribution in [-0.2, 0) is 25.5 Å². The number of imide groups is 1. The van der Waals surface area contributed by atoms with E-state index >= 15 is 0 Å². The van der Waals surface area contributed by atoms with Crippen molar-refractivity contribution < 1.29 is 23.9 Å². The highest BCUT2D eigenvalue weighted by Crippen LogP contribution is 2.35. The van der Waals surface area contributed by atoms with Gasteiger partial charge in [0, 0.05) is 36.2 Å². The normalized spacial score (nSPS) is 17.7. The van der Waals surface area contributed by atoms with Gasteiger partial charge in [0.2, 0.25) is 0 Å². The number of benzene rings is 2. The van der Waals surface area contributed by atoms with Crippen molar-refractivity contribution in [3.05, 3.63) is 82.6 Å². The van der Waals surface area contributed by atoms with E-state index < -0.39 is 17.8 Å². The van der Waals surface area contributed by atoms with Gasteiger partial charge in [-0.15, -0.1) is 0 Å². The minimum atomic E-state index is -0.711. The Balaban J connectivity index is 1.62. The zero-order valence-electron chi connectivity index (χ0n) is 21.8. The number of fused-ring (bicyclic) bond motifs is 1. The van der Waals surface area contributed by atoms with Gasteiger partial charge in [0.05, 0.1) is 17.9 Å². The molecule has 0 spiro atoms. The zero-order valence-corrected chi connectivity index (χ0v) is 21.8. The standard InChI is InChI=1S/C30H26N4O5/c1-18-13-22-14-21(9-10-27(22)39-18)28-23(17-34(32-28)24-7-5-4-6-8-24)15-25-19(2)26(16-31)30(37)33(29(25)36)11-12-38-20(3)35/h4-10,14-15,17-18H,11-13H2,1-3H3/b25-15+. The number of ether oxygens (including phenoxy) is 2. The molecule has 3 aromatic rings. The first-order valence-electron chi connectivity index (χ1n) is 12.5. The number of hydrogen-bond acceptors (Lipinski definition) is 7. The molecule has 0 aliphatic carbocycles. The first kappa shape index (κ1) is 25.7. The number of nitrogens with zero attached hydrogens (tertiary/aromatic N) is 4. The largest absolute Gasteiger partial charge is 0.490 e. The highest BCUT2D eigenvalue weighted by atomic mass is 16.5. The van der Waals surface area contributed by atoms with Gasteiger partial charge in [-0.1, -0.05) is 18.2 Å². The van der Waals surface area contributed by atoms with Crippen molar-refractivity contribution in [1.82, 2.24) is 14.7 Å². The maximum Gasteiger partial charge on any atom is 0.302 e. The van der Waals surface area contributed by atoms with Crippen molar-refractivity contribution in [2.45, 2.75) is 33.3 Å². The molecule has 2 amide bonds. The van der Waals surface area contributed by atoms with E-state index in [-0.39, 0.29) is 36.0 Å². The molecule has 2 aliphatic rings. The lowest BCUT2D eigenvalue weighted by molar-refractivity contribution is -0.147. The van der Waals surface area contributed by atoms with Gasteiger partial charge in [-0.05, 0) is 61.4 Å². The van der Waals surface area contributed by atoms with Gasteiger partial charge in [-0.3, -0.25) is 19.3 Å². The number of carbonyl (C=O) groups is 3. The van der Waals surface area contributed by atoms with Crippen LogP contribution in [0.25, 0.3) is 23.0 Å². The van der Waals surface area contributed by atoms with Gasteiger partial charge in [-0.25, -0.2) is 4.68 Å². The third kappa shape index (κ3) is 4.97. The lowest BCUT2D eigenvalue weighted by atomic mass is 9.93. The van der Waals surface area contributed by atoms with Gasteiger partial charge in [0.1, 0.15) is 30.1 Å². The van der Waals surface area contributed by atoms with E-state index in [1.54, 1.807) is 17.7 Å². The Kier molecular flexibility index (Phi) is 6.86. The number of hydrogen-bond donors (Lipinski definition) is 0. The molecule has 3 heterocycles. The summed E-state index contributed by atoms with van der Waals surface area (Å²) < 4.78 is 12.5. The van der Waals surface area contributed by atoms with E-state index in [0.29, 0.717) is 11.3 Å². The number of para-hydroxylation sites is 1. The molecule has 2 aliphatic heterocycles. The molecule has 39 heavy (non-hydrogen) atoms. The zero-order chi connectivity index (χ0) is 27.7. The van der Waals surface area contributed by atoms with E-state index in [4.69, 9.17) is 14.6 Å². The van der Waals surface area contributed by atoms with Crippen LogP contribution in [0.3, 0.4) is 0 Å². The monoisotopic (exact) mass is 522 g/mol. The Morgan fingerprint density at radius 2 is 1.97 bits per heavy atom. The summed E-state index contributed by atoms with van der Waals surface area (Å²) in [7, 11) is 0. The molecule has 9 heteroatoms. The average Bonchev–Trinajstić information content (AvgIpc) is 3.51. The van der Waals surface area contributed by atoms with Gasteiger partial charge in [0.25, 0.3) is 11.8 Å². The first-order chi connectivity index (χ1) is 18.8. The first-order valence-corrected chi connectivity index (χ1v) is 12.5. The van der Waals surface area contributed by atoms with Crippen LogP contribution in [0.1, 0.15) is 31.9 Å². The molecule has 0 N–H and O–H groups in total. The van der Waals surface area contributed by atoms with Crippen LogP contribution >= 0.6 is 0 Å². The van der Waals surface area contributed by atoms with Crippen molar-refractivity contribution in [2.75, 3.05) is 13.2 Å². The lowest BCUT2D eigenvalue weighted by Gasteiger charge is -2.27. The minimum Gasteiger partial charge on any atom is -0.490 e. The molecule has 1 atom stereocenters. The SMILES string of the molecule is CC(=O)OCCN1C(=O)C(C#N)=C(C)/C(=C\c2cn(-c3ccccc3)nc2-c2ccc3c(c2)CC(C)O3)C1=O. The molecule has 0 bridgehead atoms. The number of nitriles is 1. The van der Waals surface area contributed by atoms with E-state index in [9.17, 15) is 19.6 Å². The van der Waals surface area contributed by atoms with Crippen molar-refractivity contribution in [2.24, 2.45) is 0 Å². The Morgan fingerprint density at radius 1 is 1.21 bits per heavy atom. The summed E-state index contributed by atoms with van der Waals surface area (Å²) >= 11 is 0. The molecule has 1 aromatic heterocycles. The molecule has 1 unspecified atom stereocenters. The van der Waals surface area contributed by atoms with Gasteiger partial charge < -0.3 is 9.47 Å². The molecule has 0 fully saturated rings. The number of rotatable bonds is 6. The van der Waals surface area contributed by atoms with Crippen molar-refractivity contribution in [1.29, 1.82) is 5.26 Å². The number of aromatic nitrogens is 2. The maximum atomic E-state index is 13.5.